The Balaban J connectivity index is 1.78. The Hall–Kier alpha value is -1.06. The number of aryl methyl sites for hydroxylation is 1. The SMILES string of the molecule is CC1=CCN(NCc2c[nH]c(C)c2)C1. The lowest BCUT2D eigenvalue weighted by molar-refractivity contribution is 0.239. The molecule has 0 bridgehead atoms. The summed E-state index contributed by atoms with van der Waals surface area (Å²) in [6.45, 7) is 7.22. The van der Waals surface area contributed by atoms with E-state index in [0.717, 1.165) is 19.6 Å². The predicted octanol–water partition coefficient (Wildman–Crippen LogP) is 1.59. The zero-order valence-corrected chi connectivity index (χ0v) is 8.80. The summed E-state index contributed by atoms with van der Waals surface area (Å²) in [5.74, 6) is 0. The normalized spacial score (nSPS) is 17.4. The fourth-order valence-electron chi connectivity index (χ4n) is 1.69. The molecule has 0 atom stereocenters. The van der Waals surface area contributed by atoms with Gasteiger partial charge in [0.05, 0.1) is 0 Å². The fraction of sp³-hybridized carbons (Fsp3) is 0.455. The third kappa shape index (κ3) is 2.25. The largest absolute Gasteiger partial charge is 0.365 e. The standard InChI is InChI=1S/C11H17N3/c1-9-3-4-14(8-9)13-7-11-5-10(2)12-6-11/h3,5-6,12-13H,4,7-8H2,1-2H3. The van der Waals surface area contributed by atoms with Crippen LogP contribution in [-0.4, -0.2) is 23.1 Å². The lowest BCUT2D eigenvalue weighted by atomic mass is 10.3. The Morgan fingerprint density at radius 2 is 2.36 bits per heavy atom. The number of nitrogens with one attached hydrogen (secondary N) is 2. The van der Waals surface area contributed by atoms with Crippen molar-refractivity contribution in [1.29, 1.82) is 0 Å². The molecule has 0 radical (unpaired) electrons. The minimum Gasteiger partial charge on any atom is -0.365 e. The van der Waals surface area contributed by atoms with Crippen molar-refractivity contribution < 1.29 is 0 Å². The molecular weight excluding hydrogens is 174 g/mol. The van der Waals surface area contributed by atoms with Crippen LogP contribution in [0.1, 0.15) is 18.2 Å². The lowest BCUT2D eigenvalue weighted by Gasteiger charge is -2.16. The van der Waals surface area contributed by atoms with E-state index in [2.05, 4.69) is 47.6 Å². The van der Waals surface area contributed by atoms with Crippen LogP contribution in [-0.2, 0) is 6.54 Å². The first-order valence-electron chi connectivity index (χ1n) is 5.02. The van der Waals surface area contributed by atoms with E-state index in [1.165, 1.54) is 16.8 Å². The first kappa shape index (κ1) is 9.49. The molecule has 0 fully saturated rings. The molecule has 3 heteroatoms. The predicted molar refractivity (Wildman–Crippen MR) is 57.7 cm³/mol. The Morgan fingerprint density at radius 3 is 2.93 bits per heavy atom. The van der Waals surface area contributed by atoms with Crippen LogP contribution in [0.4, 0.5) is 0 Å². The van der Waals surface area contributed by atoms with Crippen LogP contribution < -0.4 is 5.43 Å². The highest BCUT2D eigenvalue weighted by Gasteiger charge is 2.09. The Kier molecular flexibility index (Phi) is 2.70. The smallest absolute Gasteiger partial charge is 0.0368 e. The number of nitrogens with zero attached hydrogens (tertiary/aromatic N) is 1. The summed E-state index contributed by atoms with van der Waals surface area (Å²) >= 11 is 0. The molecule has 1 aliphatic rings. The van der Waals surface area contributed by atoms with Crippen LogP contribution in [0, 0.1) is 6.92 Å². The summed E-state index contributed by atoms with van der Waals surface area (Å²) in [6, 6.07) is 2.17. The molecule has 3 nitrogen and oxygen atoms in total. The lowest BCUT2D eigenvalue weighted by Crippen LogP contribution is -2.35. The van der Waals surface area contributed by atoms with Gasteiger partial charge in [-0.3, -0.25) is 5.43 Å². The molecule has 2 rings (SSSR count). The number of hydrazine groups is 1. The molecule has 2 heterocycles. The molecule has 0 amide bonds. The van der Waals surface area contributed by atoms with Gasteiger partial charge in [-0.2, -0.15) is 0 Å². The maximum Gasteiger partial charge on any atom is 0.0368 e. The molecule has 0 saturated carbocycles. The van der Waals surface area contributed by atoms with Crippen LogP contribution in [0.25, 0.3) is 0 Å². The van der Waals surface area contributed by atoms with Gasteiger partial charge in [-0.15, -0.1) is 0 Å². The van der Waals surface area contributed by atoms with Crippen molar-refractivity contribution in [2.45, 2.75) is 20.4 Å². The second-order valence-electron chi connectivity index (χ2n) is 3.96. The Labute approximate surface area is 84.8 Å². The van der Waals surface area contributed by atoms with Gasteiger partial charge in [0.25, 0.3) is 0 Å². The highest BCUT2D eigenvalue weighted by Crippen LogP contribution is 2.06. The van der Waals surface area contributed by atoms with Gasteiger partial charge in [-0.05, 0) is 25.5 Å². The number of aromatic amines is 1. The number of aromatic nitrogens is 1. The van der Waals surface area contributed by atoms with Crippen LogP contribution in [0.2, 0.25) is 0 Å². The van der Waals surface area contributed by atoms with Crippen molar-refractivity contribution in [3.8, 4) is 0 Å². The quantitative estimate of drug-likeness (QED) is 0.711. The maximum absolute atomic E-state index is 3.40. The van der Waals surface area contributed by atoms with Crippen LogP contribution >= 0.6 is 0 Å². The van der Waals surface area contributed by atoms with Gasteiger partial charge in [0.1, 0.15) is 0 Å². The molecule has 1 aromatic rings. The molecule has 0 aliphatic carbocycles. The van der Waals surface area contributed by atoms with Crippen LogP contribution in [0.15, 0.2) is 23.9 Å². The molecule has 14 heavy (non-hydrogen) atoms. The molecule has 0 unspecified atom stereocenters. The first-order valence-corrected chi connectivity index (χ1v) is 5.02. The van der Waals surface area contributed by atoms with Gasteiger partial charge in [-0.1, -0.05) is 11.6 Å². The van der Waals surface area contributed by atoms with Crippen molar-refractivity contribution in [2.24, 2.45) is 0 Å². The summed E-state index contributed by atoms with van der Waals surface area (Å²) in [5, 5.41) is 2.23. The number of hydrogen-bond acceptors (Lipinski definition) is 2. The molecule has 76 valence electrons. The van der Waals surface area contributed by atoms with Gasteiger partial charge in [-0.25, -0.2) is 5.01 Å². The van der Waals surface area contributed by atoms with Crippen molar-refractivity contribution in [1.82, 2.24) is 15.4 Å². The summed E-state index contributed by atoms with van der Waals surface area (Å²) in [4.78, 5) is 3.18. The molecule has 0 aromatic carbocycles. The van der Waals surface area contributed by atoms with E-state index in [-0.39, 0.29) is 0 Å². The van der Waals surface area contributed by atoms with E-state index < -0.39 is 0 Å². The average Bonchev–Trinajstić information content (AvgIpc) is 2.72. The van der Waals surface area contributed by atoms with E-state index in [1.807, 2.05) is 0 Å². The minimum absolute atomic E-state index is 0.908. The van der Waals surface area contributed by atoms with Crippen molar-refractivity contribution in [2.75, 3.05) is 13.1 Å². The molecule has 2 N–H and O–H groups in total. The van der Waals surface area contributed by atoms with E-state index in [1.54, 1.807) is 0 Å². The summed E-state index contributed by atoms with van der Waals surface area (Å²) < 4.78 is 0. The molecule has 1 aromatic heterocycles. The van der Waals surface area contributed by atoms with E-state index >= 15 is 0 Å². The number of rotatable bonds is 3. The third-order valence-electron chi connectivity index (χ3n) is 2.49. The van der Waals surface area contributed by atoms with Gasteiger partial charge in [0.15, 0.2) is 0 Å². The minimum atomic E-state index is 0.908. The van der Waals surface area contributed by atoms with Gasteiger partial charge >= 0.3 is 0 Å². The molecule has 0 saturated heterocycles. The third-order valence-corrected chi connectivity index (χ3v) is 2.49. The number of H-pyrrole nitrogens is 1. The van der Waals surface area contributed by atoms with Gasteiger partial charge in [0.2, 0.25) is 0 Å². The van der Waals surface area contributed by atoms with E-state index in [9.17, 15) is 0 Å². The topological polar surface area (TPSA) is 31.1 Å². The zero-order chi connectivity index (χ0) is 9.97. The molecule has 1 aliphatic heterocycles. The maximum atomic E-state index is 3.40. The highest BCUT2D eigenvalue weighted by molar-refractivity contribution is 5.15. The average molecular weight is 191 g/mol. The van der Waals surface area contributed by atoms with Crippen molar-refractivity contribution >= 4 is 0 Å². The van der Waals surface area contributed by atoms with Gasteiger partial charge in [0, 0.05) is 31.5 Å². The van der Waals surface area contributed by atoms with E-state index in [4.69, 9.17) is 0 Å². The van der Waals surface area contributed by atoms with Crippen molar-refractivity contribution in [3.05, 3.63) is 35.2 Å². The second kappa shape index (κ2) is 3.98. The van der Waals surface area contributed by atoms with Crippen molar-refractivity contribution in [3.63, 3.8) is 0 Å². The monoisotopic (exact) mass is 191 g/mol. The molecule has 0 spiro atoms. The Morgan fingerprint density at radius 1 is 1.50 bits per heavy atom. The summed E-state index contributed by atoms with van der Waals surface area (Å²) in [6.07, 6.45) is 4.31. The molecular formula is C11H17N3. The highest BCUT2D eigenvalue weighted by atomic mass is 15.5. The summed E-state index contributed by atoms with van der Waals surface area (Å²) in [7, 11) is 0. The fourth-order valence-corrected chi connectivity index (χ4v) is 1.69. The second-order valence-corrected chi connectivity index (χ2v) is 3.96. The first-order chi connectivity index (χ1) is 6.74. The Bertz CT molecular complexity index is 338. The van der Waals surface area contributed by atoms with E-state index in [0.29, 0.717) is 0 Å². The van der Waals surface area contributed by atoms with Gasteiger partial charge < -0.3 is 4.98 Å². The summed E-state index contributed by atoms with van der Waals surface area (Å²) in [5.41, 5.74) is 7.38. The number of hydrogen-bond donors (Lipinski definition) is 2. The van der Waals surface area contributed by atoms with Crippen LogP contribution in [0.5, 0.6) is 0 Å². The van der Waals surface area contributed by atoms with Crippen LogP contribution in [0.3, 0.4) is 0 Å². The zero-order valence-electron chi connectivity index (χ0n) is 8.80.